The van der Waals surface area contributed by atoms with Gasteiger partial charge in [-0.3, -0.25) is 5.10 Å². The van der Waals surface area contributed by atoms with E-state index in [1.165, 1.54) is 5.56 Å². The van der Waals surface area contributed by atoms with Gasteiger partial charge in [-0.05, 0) is 38.8 Å². The van der Waals surface area contributed by atoms with Crippen molar-refractivity contribution in [3.05, 3.63) is 29.5 Å². The van der Waals surface area contributed by atoms with Crippen molar-refractivity contribution < 1.29 is 4.74 Å². The van der Waals surface area contributed by atoms with Gasteiger partial charge in [0.2, 0.25) is 0 Å². The fourth-order valence-corrected chi connectivity index (χ4v) is 1.90. The first kappa shape index (κ1) is 12.5. The average Bonchev–Trinajstić information content (AvgIpc) is 2.71. The van der Waals surface area contributed by atoms with Crippen LogP contribution < -0.4 is 10.5 Å². The van der Waals surface area contributed by atoms with Crippen molar-refractivity contribution in [1.29, 1.82) is 0 Å². The number of nitrogens with zero attached hydrogens (tertiary/aromatic N) is 1. The number of benzene rings is 1. The van der Waals surface area contributed by atoms with Gasteiger partial charge >= 0.3 is 0 Å². The summed E-state index contributed by atoms with van der Waals surface area (Å²) in [5.41, 5.74) is 10.1. The maximum Gasteiger partial charge on any atom is 0.130 e. The molecule has 1 aromatic heterocycles. The van der Waals surface area contributed by atoms with Gasteiger partial charge in [0.15, 0.2) is 0 Å². The van der Waals surface area contributed by atoms with E-state index in [0.29, 0.717) is 5.82 Å². The Morgan fingerprint density at radius 3 is 2.50 bits per heavy atom. The van der Waals surface area contributed by atoms with Gasteiger partial charge < -0.3 is 10.5 Å². The number of aryl methyl sites for hydroxylation is 1. The number of H-pyrrole nitrogens is 1. The number of anilines is 1. The topological polar surface area (TPSA) is 63.9 Å². The molecule has 18 heavy (non-hydrogen) atoms. The molecule has 0 unspecified atom stereocenters. The normalized spacial score (nSPS) is 10.9. The minimum absolute atomic E-state index is 0.123. The van der Waals surface area contributed by atoms with E-state index in [-0.39, 0.29) is 6.10 Å². The van der Waals surface area contributed by atoms with Crippen LogP contribution in [-0.2, 0) is 0 Å². The van der Waals surface area contributed by atoms with Crippen molar-refractivity contribution in [2.45, 2.75) is 33.8 Å². The minimum Gasteiger partial charge on any atom is -0.490 e. The maximum absolute atomic E-state index is 5.94. The van der Waals surface area contributed by atoms with E-state index in [1.54, 1.807) is 6.20 Å². The summed E-state index contributed by atoms with van der Waals surface area (Å²) in [4.78, 5) is 0. The molecule has 0 saturated carbocycles. The summed E-state index contributed by atoms with van der Waals surface area (Å²) in [7, 11) is 0. The van der Waals surface area contributed by atoms with Gasteiger partial charge in [0, 0.05) is 11.1 Å². The Balaban J connectivity index is 2.60. The fourth-order valence-electron chi connectivity index (χ4n) is 1.90. The molecule has 4 nitrogen and oxygen atoms in total. The molecule has 0 aliphatic rings. The molecule has 0 aliphatic carbocycles. The van der Waals surface area contributed by atoms with Gasteiger partial charge in [-0.1, -0.05) is 12.1 Å². The van der Waals surface area contributed by atoms with Gasteiger partial charge in [0.25, 0.3) is 0 Å². The van der Waals surface area contributed by atoms with Crippen LogP contribution in [-0.4, -0.2) is 16.3 Å². The summed E-state index contributed by atoms with van der Waals surface area (Å²) in [5, 5.41) is 6.72. The number of hydrogen-bond donors (Lipinski definition) is 2. The molecule has 2 rings (SSSR count). The number of rotatable bonds is 3. The number of nitrogen functional groups attached to an aromatic ring is 1. The Kier molecular flexibility index (Phi) is 3.28. The number of aromatic amines is 1. The molecule has 0 radical (unpaired) electrons. The predicted octanol–water partition coefficient (Wildman–Crippen LogP) is 3.06. The second-order valence-corrected chi connectivity index (χ2v) is 4.75. The minimum atomic E-state index is 0.123. The number of hydrogen-bond acceptors (Lipinski definition) is 3. The molecule has 0 aliphatic heterocycles. The summed E-state index contributed by atoms with van der Waals surface area (Å²) in [5.74, 6) is 1.45. The Morgan fingerprint density at radius 2 is 1.94 bits per heavy atom. The van der Waals surface area contributed by atoms with Gasteiger partial charge in [0.1, 0.15) is 11.6 Å². The van der Waals surface area contributed by atoms with Gasteiger partial charge in [0.05, 0.1) is 12.3 Å². The van der Waals surface area contributed by atoms with Crippen molar-refractivity contribution in [3.8, 4) is 16.9 Å². The molecule has 0 fully saturated rings. The van der Waals surface area contributed by atoms with Crippen LogP contribution in [0.3, 0.4) is 0 Å². The summed E-state index contributed by atoms with van der Waals surface area (Å²) in [6.07, 6.45) is 1.85. The zero-order valence-electron chi connectivity index (χ0n) is 11.2. The third-order valence-electron chi connectivity index (χ3n) is 2.99. The monoisotopic (exact) mass is 245 g/mol. The molecular formula is C14H19N3O. The van der Waals surface area contributed by atoms with Crippen LogP contribution in [0.2, 0.25) is 0 Å². The SMILES string of the molecule is Cc1ccc(-c2cn[nH]c2N)c(OC(C)C)c1C. The predicted molar refractivity (Wildman–Crippen MR) is 73.7 cm³/mol. The Labute approximate surface area is 107 Å². The van der Waals surface area contributed by atoms with E-state index in [9.17, 15) is 0 Å². The number of nitrogens with one attached hydrogen (secondary N) is 1. The third-order valence-corrected chi connectivity index (χ3v) is 2.99. The second-order valence-electron chi connectivity index (χ2n) is 4.75. The van der Waals surface area contributed by atoms with Gasteiger partial charge in [-0.15, -0.1) is 0 Å². The van der Waals surface area contributed by atoms with Crippen molar-refractivity contribution in [1.82, 2.24) is 10.2 Å². The number of aromatic nitrogens is 2. The van der Waals surface area contributed by atoms with Crippen LogP contribution in [0.15, 0.2) is 18.3 Å². The lowest BCUT2D eigenvalue weighted by molar-refractivity contribution is 0.241. The van der Waals surface area contributed by atoms with Crippen molar-refractivity contribution >= 4 is 5.82 Å². The lowest BCUT2D eigenvalue weighted by Gasteiger charge is -2.18. The zero-order valence-corrected chi connectivity index (χ0v) is 11.2. The highest BCUT2D eigenvalue weighted by Crippen LogP contribution is 2.37. The van der Waals surface area contributed by atoms with Crippen LogP contribution in [0.5, 0.6) is 5.75 Å². The van der Waals surface area contributed by atoms with E-state index in [1.807, 2.05) is 19.9 Å². The molecule has 3 N–H and O–H groups in total. The molecule has 0 atom stereocenters. The van der Waals surface area contributed by atoms with Crippen molar-refractivity contribution in [2.24, 2.45) is 0 Å². The van der Waals surface area contributed by atoms with E-state index in [0.717, 1.165) is 22.4 Å². The van der Waals surface area contributed by atoms with Crippen LogP contribution in [0.1, 0.15) is 25.0 Å². The van der Waals surface area contributed by atoms with Crippen LogP contribution in [0.4, 0.5) is 5.82 Å². The third kappa shape index (κ3) is 2.18. The molecule has 2 aromatic rings. The molecule has 1 heterocycles. The van der Waals surface area contributed by atoms with Gasteiger partial charge in [-0.2, -0.15) is 5.10 Å². The number of nitrogens with two attached hydrogens (primary N) is 1. The lowest BCUT2D eigenvalue weighted by Crippen LogP contribution is -2.08. The molecule has 0 amide bonds. The molecular weight excluding hydrogens is 226 g/mol. The van der Waals surface area contributed by atoms with Crippen molar-refractivity contribution in [2.75, 3.05) is 5.73 Å². The van der Waals surface area contributed by atoms with Gasteiger partial charge in [-0.25, -0.2) is 0 Å². The largest absolute Gasteiger partial charge is 0.490 e. The standard InChI is InChI=1S/C14H19N3O/c1-8(2)18-13-10(4)9(3)5-6-11(13)12-7-16-17-14(12)15/h5-8H,1-4H3,(H3,15,16,17). The highest BCUT2D eigenvalue weighted by atomic mass is 16.5. The summed E-state index contributed by atoms with van der Waals surface area (Å²) >= 11 is 0. The van der Waals surface area contributed by atoms with E-state index in [4.69, 9.17) is 10.5 Å². The first-order valence-corrected chi connectivity index (χ1v) is 6.06. The second kappa shape index (κ2) is 4.72. The smallest absolute Gasteiger partial charge is 0.130 e. The summed E-state index contributed by atoms with van der Waals surface area (Å²) < 4.78 is 5.94. The molecule has 0 saturated heterocycles. The zero-order chi connectivity index (χ0) is 13.3. The number of ether oxygens (including phenoxy) is 1. The summed E-state index contributed by atoms with van der Waals surface area (Å²) in [6, 6.07) is 4.10. The molecule has 1 aromatic carbocycles. The maximum atomic E-state index is 5.94. The highest BCUT2D eigenvalue weighted by Gasteiger charge is 2.15. The Hall–Kier alpha value is -1.97. The quantitative estimate of drug-likeness (QED) is 0.873. The van der Waals surface area contributed by atoms with E-state index >= 15 is 0 Å². The molecule has 0 spiro atoms. The summed E-state index contributed by atoms with van der Waals surface area (Å²) in [6.45, 7) is 8.17. The average molecular weight is 245 g/mol. The van der Waals surface area contributed by atoms with Crippen LogP contribution >= 0.6 is 0 Å². The first-order chi connectivity index (χ1) is 8.50. The van der Waals surface area contributed by atoms with E-state index in [2.05, 4.69) is 30.1 Å². The lowest BCUT2D eigenvalue weighted by atomic mass is 10.00. The fraction of sp³-hybridized carbons (Fsp3) is 0.357. The first-order valence-electron chi connectivity index (χ1n) is 6.06. The Bertz CT molecular complexity index is 558. The highest BCUT2D eigenvalue weighted by molar-refractivity contribution is 5.79. The molecule has 0 bridgehead atoms. The van der Waals surface area contributed by atoms with Crippen molar-refractivity contribution in [3.63, 3.8) is 0 Å². The molecule has 96 valence electrons. The van der Waals surface area contributed by atoms with Crippen LogP contribution in [0.25, 0.3) is 11.1 Å². The molecule has 4 heteroatoms. The van der Waals surface area contributed by atoms with E-state index < -0.39 is 0 Å². The van der Waals surface area contributed by atoms with Crippen LogP contribution in [0, 0.1) is 13.8 Å². The Morgan fingerprint density at radius 1 is 1.22 bits per heavy atom.